The highest BCUT2D eigenvalue weighted by Crippen LogP contribution is 2.24. The van der Waals surface area contributed by atoms with Gasteiger partial charge in [0.25, 0.3) is 11.8 Å². The van der Waals surface area contributed by atoms with Gasteiger partial charge in [-0.15, -0.1) is 0 Å². The van der Waals surface area contributed by atoms with Gasteiger partial charge < -0.3 is 20.3 Å². The number of likely N-dealkylation sites (tertiary alicyclic amines) is 1. The van der Waals surface area contributed by atoms with Gasteiger partial charge in [-0.25, -0.2) is 0 Å². The average Bonchev–Trinajstić information content (AvgIpc) is 2.87. The van der Waals surface area contributed by atoms with E-state index in [1.54, 1.807) is 31.4 Å². The van der Waals surface area contributed by atoms with Gasteiger partial charge >= 0.3 is 0 Å². The third-order valence-electron chi connectivity index (χ3n) is 6.96. The summed E-state index contributed by atoms with van der Waals surface area (Å²) < 4.78 is 5.17. The lowest BCUT2D eigenvalue weighted by molar-refractivity contribution is -0.125. The molecule has 2 aromatic rings. The van der Waals surface area contributed by atoms with Crippen molar-refractivity contribution in [3.63, 3.8) is 0 Å². The Balaban J connectivity index is 1.72. The molecule has 2 aromatic carbocycles. The van der Waals surface area contributed by atoms with Crippen LogP contribution >= 0.6 is 0 Å². The topological polar surface area (TPSA) is 87.7 Å². The summed E-state index contributed by atoms with van der Waals surface area (Å²) in [6.07, 6.45) is 1.27. The number of piperidine rings is 1. The molecule has 0 spiro atoms. The number of amides is 3. The largest absolute Gasteiger partial charge is 0.497 e. The van der Waals surface area contributed by atoms with Gasteiger partial charge in [-0.1, -0.05) is 32.0 Å². The van der Waals surface area contributed by atoms with Gasteiger partial charge in [0.05, 0.1) is 7.11 Å². The Morgan fingerprint density at radius 2 is 1.57 bits per heavy atom. The molecule has 1 fully saturated rings. The molecule has 1 heterocycles. The normalized spacial score (nSPS) is 15.9. The third-order valence-corrected chi connectivity index (χ3v) is 6.96. The van der Waals surface area contributed by atoms with Crippen LogP contribution in [-0.2, 0) is 4.79 Å². The predicted octanol–water partition coefficient (Wildman–Crippen LogP) is 3.82. The number of ether oxygens (including phenoxy) is 1. The first-order valence-electron chi connectivity index (χ1n) is 12.3. The Bertz CT molecular complexity index is 1030. The van der Waals surface area contributed by atoms with Crippen molar-refractivity contribution in [3.8, 4) is 5.75 Å². The minimum Gasteiger partial charge on any atom is -0.497 e. The summed E-state index contributed by atoms with van der Waals surface area (Å²) in [6.45, 7) is 9.08. The van der Waals surface area contributed by atoms with Gasteiger partial charge in [-0.3, -0.25) is 14.4 Å². The van der Waals surface area contributed by atoms with Gasteiger partial charge in [0, 0.05) is 30.3 Å². The number of benzene rings is 2. The van der Waals surface area contributed by atoms with Crippen molar-refractivity contribution in [2.75, 3.05) is 20.2 Å². The van der Waals surface area contributed by atoms with Crippen molar-refractivity contribution >= 4 is 17.7 Å². The molecule has 0 aliphatic carbocycles. The molecule has 0 radical (unpaired) electrons. The van der Waals surface area contributed by atoms with Gasteiger partial charge in [-0.05, 0) is 74.4 Å². The molecule has 0 aromatic heterocycles. The zero-order chi connectivity index (χ0) is 25.5. The number of methoxy groups -OCH3 is 1. The smallest absolute Gasteiger partial charge is 0.254 e. The maximum Gasteiger partial charge on any atom is 0.254 e. The van der Waals surface area contributed by atoms with Crippen molar-refractivity contribution in [2.45, 2.75) is 52.6 Å². The van der Waals surface area contributed by atoms with E-state index in [4.69, 9.17) is 4.74 Å². The minimum absolute atomic E-state index is 0.0123. The number of carbonyl (C=O) groups excluding carboxylic acids is 3. The molecule has 1 aliphatic rings. The number of hydrogen-bond acceptors (Lipinski definition) is 4. The van der Waals surface area contributed by atoms with Crippen LogP contribution in [0.4, 0.5) is 0 Å². The quantitative estimate of drug-likeness (QED) is 0.603. The van der Waals surface area contributed by atoms with Crippen LogP contribution in [0.2, 0.25) is 0 Å². The lowest BCUT2D eigenvalue weighted by atomic mass is 9.87. The first-order valence-corrected chi connectivity index (χ1v) is 12.3. The highest BCUT2D eigenvalue weighted by Gasteiger charge is 2.35. The molecular formula is C28H37N3O4. The van der Waals surface area contributed by atoms with Gasteiger partial charge in [-0.2, -0.15) is 0 Å². The van der Waals surface area contributed by atoms with Crippen LogP contribution in [0.1, 0.15) is 59.9 Å². The van der Waals surface area contributed by atoms with E-state index >= 15 is 0 Å². The van der Waals surface area contributed by atoms with Gasteiger partial charge in [0.2, 0.25) is 5.91 Å². The monoisotopic (exact) mass is 479 g/mol. The third kappa shape index (κ3) is 6.62. The maximum atomic E-state index is 13.3. The molecule has 0 bridgehead atoms. The molecule has 0 unspecified atom stereocenters. The molecule has 188 valence electrons. The molecule has 35 heavy (non-hydrogen) atoms. The highest BCUT2D eigenvalue weighted by atomic mass is 16.5. The molecule has 0 saturated carbocycles. The number of hydrogen-bond donors (Lipinski definition) is 2. The van der Waals surface area contributed by atoms with E-state index in [1.165, 1.54) is 0 Å². The molecule has 7 heteroatoms. The Morgan fingerprint density at radius 1 is 0.943 bits per heavy atom. The molecule has 1 saturated heterocycles. The van der Waals surface area contributed by atoms with Crippen LogP contribution in [-0.4, -0.2) is 54.9 Å². The molecule has 2 atom stereocenters. The first kappa shape index (κ1) is 26.3. The van der Waals surface area contributed by atoms with Gasteiger partial charge in [0.15, 0.2) is 0 Å². The van der Waals surface area contributed by atoms with Crippen LogP contribution in [0.15, 0.2) is 48.5 Å². The Kier molecular flexibility index (Phi) is 8.90. The Labute approximate surface area is 208 Å². The molecule has 1 aliphatic heterocycles. The fourth-order valence-corrected chi connectivity index (χ4v) is 4.26. The molecule has 2 N–H and O–H groups in total. The second-order valence-corrected chi connectivity index (χ2v) is 9.67. The van der Waals surface area contributed by atoms with Gasteiger partial charge in [0.1, 0.15) is 11.8 Å². The van der Waals surface area contributed by atoms with Crippen LogP contribution in [0.25, 0.3) is 0 Å². The average molecular weight is 480 g/mol. The molecule has 3 amide bonds. The highest BCUT2D eigenvalue weighted by molar-refractivity contribution is 5.98. The number of carbonyl (C=O) groups is 3. The van der Waals surface area contributed by atoms with E-state index in [0.717, 1.165) is 5.56 Å². The fourth-order valence-electron chi connectivity index (χ4n) is 4.26. The Hall–Kier alpha value is -3.35. The van der Waals surface area contributed by atoms with Crippen LogP contribution in [0.3, 0.4) is 0 Å². The van der Waals surface area contributed by atoms with Crippen molar-refractivity contribution in [1.29, 1.82) is 0 Å². The number of nitrogens with zero attached hydrogens (tertiary/aromatic N) is 1. The summed E-state index contributed by atoms with van der Waals surface area (Å²) >= 11 is 0. The first-order chi connectivity index (χ1) is 16.7. The van der Waals surface area contributed by atoms with Crippen molar-refractivity contribution in [1.82, 2.24) is 15.5 Å². The van der Waals surface area contributed by atoms with E-state index in [1.807, 2.05) is 56.9 Å². The maximum absolute atomic E-state index is 13.3. The van der Waals surface area contributed by atoms with E-state index in [2.05, 4.69) is 10.6 Å². The lowest BCUT2D eigenvalue weighted by Crippen LogP contribution is -2.55. The summed E-state index contributed by atoms with van der Waals surface area (Å²) in [5.41, 5.74) is 2.12. The van der Waals surface area contributed by atoms with E-state index in [9.17, 15) is 14.4 Å². The number of nitrogens with one attached hydrogen (secondary N) is 2. The van der Waals surface area contributed by atoms with E-state index in [0.29, 0.717) is 42.8 Å². The zero-order valence-electron chi connectivity index (χ0n) is 21.3. The van der Waals surface area contributed by atoms with Crippen LogP contribution < -0.4 is 15.4 Å². The van der Waals surface area contributed by atoms with E-state index in [-0.39, 0.29) is 35.6 Å². The summed E-state index contributed by atoms with van der Waals surface area (Å²) in [5, 5.41) is 6.04. The SMILES string of the molecule is COc1ccc(C(=O)N[C@@H](C(=O)N[C@@H](C)C(C)C)C2CCN(C(=O)c3ccccc3C)CC2)cc1. The Morgan fingerprint density at radius 3 is 2.14 bits per heavy atom. The number of aryl methyl sites for hydroxylation is 1. The molecule has 7 nitrogen and oxygen atoms in total. The minimum atomic E-state index is -0.679. The second kappa shape index (κ2) is 11.9. The fraction of sp³-hybridized carbons (Fsp3) is 0.464. The standard InChI is InChI=1S/C28H37N3O4/c1-18(2)20(4)29-27(33)25(30-26(32)22-10-12-23(35-5)13-11-22)21-14-16-31(17-15-21)28(34)24-9-7-6-8-19(24)3/h6-13,18,20-21,25H,14-17H2,1-5H3,(H,29,33)(H,30,32)/t20-,25+/m0/s1. The zero-order valence-corrected chi connectivity index (χ0v) is 21.3. The summed E-state index contributed by atoms with van der Waals surface area (Å²) in [4.78, 5) is 41.2. The molecular weight excluding hydrogens is 442 g/mol. The number of rotatable bonds is 8. The van der Waals surface area contributed by atoms with Crippen LogP contribution in [0, 0.1) is 18.8 Å². The van der Waals surface area contributed by atoms with Crippen molar-refractivity contribution in [3.05, 3.63) is 65.2 Å². The summed E-state index contributed by atoms with van der Waals surface area (Å²) in [7, 11) is 1.57. The summed E-state index contributed by atoms with van der Waals surface area (Å²) in [6, 6.07) is 13.7. The second-order valence-electron chi connectivity index (χ2n) is 9.67. The van der Waals surface area contributed by atoms with Crippen molar-refractivity contribution in [2.24, 2.45) is 11.8 Å². The molecule has 3 rings (SSSR count). The van der Waals surface area contributed by atoms with Crippen molar-refractivity contribution < 1.29 is 19.1 Å². The summed E-state index contributed by atoms with van der Waals surface area (Å²) in [5.74, 6) is 0.383. The van der Waals surface area contributed by atoms with Crippen LogP contribution in [0.5, 0.6) is 5.75 Å². The van der Waals surface area contributed by atoms with E-state index < -0.39 is 6.04 Å². The lowest BCUT2D eigenvalue weighted by Gasteiger charge is -2.36. The predicted molar refractivity (Wildman–Crippen MR) is 136 cm³/mol.